The summed E-state index contributed by atoms with van der Waals surface area (Å²) in [6, 6.07) is 0.0247. The molecule has 2 unspecified atom stereocenters. The Kier molecular flexibility index (Phi) is 6.67. The van der Waals surface area contributed by atoms with Crippen LogP contribution >= 0.6 is 0 Å². The molecule has 1 aliphatic rings. The molecule has 2 atom stereocenters. The van der Waals surface area contributed by atoms with Gasteiger partial charge in [0.1, 0.15) is 0 Å². The van der Waals surface area contributed by atoms with Crippen LogP contribution in [0.5, 0.6) is 0 Å². The van der Waals surface area contributed by atoms with Gasteiger partial charge < -0.3 is 15.3 Å². The minimum atomic E-state index is -0.750. The summed E-state index contributed by atoms with van der Waals surface area (Å²) in [5.74, 6) is 0.399. The summed E-state index contributed by atoms with van der Waals surface area (Å²) in [5.41, 5.74) is 0. The van der Waals surface area contributed by atoms with Crippen LogP contribution in [0, 0.1) is 11.8 Å². The molecule has 1 rings (SSSR count). The van der Waals surface area contributed by atoms with Crippen molar-refractivity contribution in [1.82, 2.24) is 10.2 Å². The summed E-state index contributed by atoms with van der Waals surface area (Å²) >= 11 is 0. The van der Waals surface area contributed by atoms with E-state index in [-0.39, 0.29) is 12.5 Å². The largest absolute Gasteiger partial charge is 0.481 e. The molecule has 110 valence electrons. The van der Waals surface area contributed by atoms with E-state index in [1.54, 1.807) is 0 Å². The van der Waals surface area contributed by atoms with Crippen molar-refractivity contribution in [3.05, 3.63) is 0 Å². The van der Waals surface area contributed by atoms with Gasteiger partial charge in [-0.3, -0.25) is 4.79 Å². The molecule has 19 heavy (non-hydrogen) atoms. The van der Waals surface area contributed by atoms with Crippen LogP contribution in [0.4, 0.5) is 4.79 Å². The molecule has 0 aromatic carbocycles. The van der Waals surface area contributed by atoms with Gasteiger partial charge in [-0.2, -0.15) is 0 Å². The summed E-state index contributed by atoms with van der Waals surface area (Å²) in [6.45, 7) is 6.69. The molecule has 0 radical (unpaired) electrons. The number of amides is 2. The van der Waals surface area contributed by atoms with Crippen molar-refractivity contribution in [3.8, 4) is 0 Å². The summed E-state index contributed by atoms with van der Waals surface area (Å²) in [7, 11) is 0. The van der Waals surface area contributed by atoms with E-state index < -0.39 is 5.97 Å². The average Bonchev–Trinajstić information content (AvgIpc) is 2.31. The molecule has 5 nitrogen and oxygen atoms in total. The lowest BCUT2D eigenvalue weighted by Crippen LogP contribution is -2.47. The van der Waals surface area contributed by atoms with Crippen molar-refractivity contribution in [1.29, 1.82) is 0 Å². The lowest BCUT2D eigenvalue weighted by Gasteiger charge is -2.34. The first-order valence-electron chi connectivity index (χ1n) is 7.23. The second-order valence-corrected chi connectivity index (χ2v) is 5.79. The van der Waals surface area contributed by atoms with Gasteiger partial charge in [0, 0.05) is 26.1 Å². The van der Waals surface area contributed by atoms with Crippen LogP contribution in [0.15, 0.2) is 0 Å². The molecule has 0 aromatic rings. The Hall–Kier alpha value is -1.26. The van der Waals surface area contributed by atoms with Crippen molar-refractivity contribution < 1.29 is 14.7 Å². The predicted molar refractivity (Wildman–Crippen MR) is 74.0 cm³/mol. The highest BCUT2D eigenvalue weighted by Gasteiger charge is 2.24. The number of nitrogens with zero attached hydrogens (tertiary/aromatic N) is 1. The molecule has 2 N–H and O–H groups in total. The normalized spacial score (nSPS) is 23.2. The van der Waals surface area contributed by atoms with Gasteiger partial charge in [0.25, 0.3) is 0 Å². The maximum atomic E-state index is 12.0. The van der Waals surface area contributed by atoms with E-state index in [4.69, 9.17) is 5.11 Å². The quantitative estimate of drug-likeness (QED) is 0.728. The number of likely N-dealkylation sites (tertiary alicyclic amines) is 1. The van der Waals surface area contributed by atoms with E-state index in [2.05, 4.69) is 19.2 Å². The number of hydrogen-bond donors (Lipinski definition) is 2. The number of carbonyl (C=O) groups excluding carboxylic acids is 1. The fraction of sp³-hybridized carbons (Fsp3) is 0.857. The van der Waals surface area contributed by atoms with E-state index in [0.717, 1.165) is 25.9 Å². The van der Waals surface area contributed by atoms with Gasteiger partial charge in [0.15, 0.2) is 0 Å². The van der Waals surface area contributed by atoms with Crippen LogP contribution < -0.4 is 5.32 Å². The van der Waals surface area contributed by atoms with E-state index in [0.29, 0.717) is 24.8 Å². The molecule has 0 aromatic heterocycles. The van der Waals surface area contributed by atoms with Gasteiger partial charge in [0.05, 0.1) is 0 Å². The number of hydrogen-bond acceptors (Lipinski definition) is 2. The van der Waals surface area contributed by atoms with Gasteiger partial charge in [-0.15, -0.1) is 0 Å². The number of urea groups is 1. The van der Waals surface area contributed by atoms with Crippen LogP contribution in [0.3, 0.4) is 0 Å². The van der Waals surface area contributed by atoms with E-state index in [9.17, 15) is 9.59 Å². The smallest absolute Gasteiger partial charge is 0.317 e. The SMILES string of the molecule is CC1CC(C)CN(C(=O)NCCCCCC(=O)O)C1. The third kappa shape index (κ3) is 6.45. The fourth-order valence-corrected chi connectivity index (χ4v) is 2.71. The molecular weight excluding hydrogens is 244 g/mol. The number of carboxylic acids is 1. The zero-order valence-corrected chi connectivity index (χ0v) is 12.0. The average molecular weight is 270 g/mol. The molecule has 0 spiro atoms. The Bertz CT molecular complexity index is 297. The number of unbranched alkanes of at least 4 members (excludes halogenated alkanes) is 2. The Morgan fingerprint density at radius 1 is 1.16 bits per heavy atom. The van der Waals surface area contributed by atoms with Crippen molar-refractivity contribution in [3.63, 3.8) is 0 Å². The third-order valence-electron chi connectivity index (χ3n) is 3.50. The summed E-state index contributed by atoms with van der Waals surface area (Å²) in [6.07, 6.45) is 3.79. The van der Waals surface area contributed by atoms with Crippen LogP contribution in [0.25, 0.3) is 0 Å². The molecule has 0 bridgehead atoms. The zero-order chi connectivity index (χ0) is 14.3. The topological polar surface area (TPSA) is 69.6 Å². The van der Waals surface area contributed by atoms with Gasteiger partial charge >= 0.3 is 12.0 Å². The number of aliphatic carboxylic acids is 1. The molecule has 1 aliphatic heterocycles. The van der Waals surface area contributed by atoms with Crippen molar-refractivity contribution in [2.45, 2.75) is 46.0 Å². The first-order chi connectivity index (χ1) is 8.99. The molecule has 0 saturated carbocycles. The highest BCUT2D eigenvalue weighted by molar-refractivity contribution is 5.74. The number of carbonyl (C=O) groups is 2. The number of carboxylic acid groups (broad SMARTS) is 1. The van der Waals surface area contributed by atoms with Crippen LogP contribution in [0.2, 0.25) is 0 Å². The first-order valence-corrected chi connectivity index (χ1v) is 7.23. The Balaban J connectivity index is 2.12. The first kappa shape index (κ1) is 15.8. The molecule has 1 fully saturated rings. The van der Waals surface area contributed by atoms with Crippen molar-refractivity contribution >= 4 is 12.0 Å². The van der Waals surface area contributed by atoms with Crippen molar-refractivity contribution in [2.75, 3.05) is 19.6 Å². The van der Waals surface area contributed by atoms with Gasteiger partial charge in [-0.1, -0.05) is 20.3 Å². The minimum absolute atomic E-state index is 0.0247. The molecular formula is C14H26N2O3. The second-order valence-electron chi connectivity index (χ2n) is 5.79. The lowest BCUT2D eigenvalue weighted by atomic mass is 9.92. The van der Waals surface area contributed by atoms with E-state index in [1.807, 2.05) is 4.90 Å². The highest BCUT2D eigenvalue weighted by atomic mass is 16.4. The zero-order valence-electron chi connectivity index (χ0n) is 12.0. The molecule has 2 amide bonds. The maximum absolute atomic E-state index is 12.0. The van der Waals surface area contributed by atoms with E-state index in [1.165, 1.54) is 6.42 Å². The summed E-state index contributed by atoms with van der Waals surface area (Å²) in [5, 5.41) is 11.4. The standard InChI is InChI=1S/C14H26N2O3/c1-11-8-12(2)10-16(9-11)14(19)15-7-5-3-4-6-13(17)18/h11-12H,3-10H2,1-2H3,(H,15,19)(H,17,18). The summed E-state index contributed by atoms with van der Waals surface area (Å²) in [4.78, 5) is 24.2. The van der Waals surface area contributed by atoms with Crippen LogP contribution in [-0.4, -0.2) is 41.6 Å². The number of rotatable bonds is 6. The highest BCUT2D eigenvalue weighted by Crippen LogP contribution is 2.20. The number of piperidine rings is 1. The van der Waals surface area contributed by atoms with E-state index >= 15 is 0 Å². The predicted octanol–water partition coefficient (Wildman–Crippen LogP) is 2.32. The molecule has 1 saturated heterocycles. The Morgan fingerprint density at radius 2 is 1.79 bits per heavy atom. The lowest BCUT2D eigenvalue weighted by molar-refractivity contribution is -0.137. The van der Waals surface area contributed by atoms with Gasteiger partial charge in [0.2, 0.25) is 0 Å². The number of nitrogens with one attached hydrogen (secondary N) is 1. The Morgan fingerprint density at radius 3 is 2.37 bits per heavy atom. The van der Waals surface area contributed by atoms with Gasteiger partial charge in [-0.05, 0) is 31.1 Å². The van der Waals surface area contributed by atoms with Crippen LogP contribution in [0.1, 0.15) is 46.0 Å². The molecule has 0 aliphatic carbocycles. The van der Waals surface area contributed by atoms with Gasteiger partial charge in [-0.25, -0.2) is 4.79 Å². The summed E-state index contributed by atoms with van der Waals surface area (Å²) < 4.78 is 0. The Labute approximate surface area is 115 Å². The van der Waals surface area contributed by atoms with Crippen molar-refractivity contribution in [2.24, 2.45) is 11.8 Å². The monoisotopic (exact) mass is 270 g/mol. The maximum Gasteiger partial charge on any atom is 0.317 e. The van der Waals surface area contributed by atoms with Crippen LogP contribution in [-0.2, 0) is 4.79 Å². The third-order valence-corrected chi connectivity index (χ3v) is 3.50. The minimum Gasteiger partial charge on any atom is -0.481 e. The fourth-order valence-electron chi connectivity index (χ4n) is 2.71. The second kappa shape index (κ2) is 8.02. The molecule has 5 heteroatoms. The molecule has 1 heterocycles.